The molecular formula is C26H29N5O2S. The van der Waals surface area contributed by atoms with Gasteiger partial charge in [-0.2, -0.15) is 0 Å². The number of nitrogens with two attached hydrogens (primary N) is 1. The number of primary amides is 1. The van der Waals surface area contributed by atoms with Crippen molar-refractivity contribution in [2.45, 2.75) is 30.8 Å². The molecule has 0 saturated heterocycles. The van der Waals surface area contributed by atoms with Gasteiger partial charge >= 0.3 is 0 Å². The first-order valence-corrected chi connectivity index (χ1v) is 12.2. The van der Waals surface area contributed by atoms with Crippen LogP contribution in [0.3, 0.4) is 0 Å². The lowest BCUT2D eigenvalue weighted by Gasteiger charge is -2.23. The highest BCUT2D eigenvalue weighted by molar-refractivity contribution is 7.99. The van der Waals surface area contributed by atoms with Crippen molar-refractivity contribution in [1.29, 1.82) is 0 Å². The number of pyridine rings is 1. The molecule has 2 aromatic carbocycles. The Morgan fingerprint density at radius 2 is 2.00 bits per heavy atom. The molecule has 2 heterocycles. The highest BCUT2D eigenvalue weighted by atomic mass is 32.2. The van der Waals surface area contributed by atoms with Gasteiger partial charge in [-0.15, -0.1) is 16.9 Å². The summed E-state index contributed by atoms with van der Waals surface area (Å²) < 4.78 is 5.15. The largest absolute Gasteiger partial charge is 0.385 e. The maximum Gasteiger partial charge on any atom is 0.286 e. The number of carbonyl (C=O) groups excluding carboxylic acids is 1. The minimum atomic E-state index is -0.592. The quantitative estimate of drug-likeness (QED) is 0.341. The number of methoxy groups -OCH3 is 1. The highest BCUT2D eigenvalue weighted by Gasteiger charge is 2.30. The average Bonchev–Trinajstić information content (AvgIpc) is 3.28. The number of aromatic nitrogens is 1. The van der Waals surface area contributed by atoms with E-state index in [1.807, 2.05) is 54.2 Å². The van der Waals surface area contributed by atoms with E-state index < -0.39 is 5.91 Å². The number of amides is 1. The van der Waals surface area contributed by atoms with E-state index in [0.29, 0.717) is 12.2 Å². The topological polar surface area (TPSA) is 92.8 Å². The number of thioether (sulfide) groups is 1. The zero-order valence-electron chi connectivity index (χ0n) is 19.4. The SMILES string of the molecule is COCCCSc1ccc(C)c(-c2ccnc(N3N=C(C(N)=O)NC3Cc3ccccc3)c2)c1. The Hall–Kier alpha value is -3.36. The van der Waals surface area contributed by atoms with Crippen LogP contribution in [0.15, 0.2) is 76.9 Å². The fraction of sp³-hybridized carbons (Fsp3) is 0.269. The van der Waals surface area contributed by atoms with E-state index in [4.69, 9.17) is 10.5 Å². The molecule has 1 amide bonds. The first-order chi connectivity index (χ1) is 16.5. The highest BCUT2D eigenvalue weighted by Crippen LogP contribution is 2.31. The molecule has 1 unspecified atom stereocenters. The van der Waals surface area contributed by atoms with Crippen LogP contribution >= 0.6 is 11.8 Å². The van der Waals surface area contributed by atoms with Gasteiger partial charge in [0.1, 0.15) is 6.17 Å². The summed E-state index contributed by atoms with van der Waals surface area (Å²) in [5.41, 5.74) is 10.0. The van der Waals surface area contributed by atoms with Crippen LogP contribution in [0.5, 0.6) is 0 Å². The monoisotopic (exact) mass is 475 g/mol. The number of carbonyl (C=O) groups is 1. The molecule has 0 saturated carbocycles. The summed E-state index contributed by atoms with van der Waals surface area (Å²) in [6, 6.07) is 20.6. The van der Waals surface area contributed by atoms with Crippen molar-refractivity contribution in [1.82, 2.24) is 10.3 Å². The Bertz CT molecular complexity index is 1170. The van der Waals surface area contributed by atoms with Gasteiger partial charge in [0.2, 0.25) is 5.84 Å². The Kier molecular flexibility index (Phi) is 7.82. The first-order valence-electron chi connectivity index (χ1n) is 11.2. The number of rotatable bonds is 10. The molecule has 4 rings (SSSR count). The maximum atomic E-state index is 11.8. The molecule has 1 atom stereocenters. The van der Waals surface area contributed by atoms with Crippen molar-refractivity contribution in [3.05, 3.63) is 78.0 Å². The van der Waals surface area contributed by atoms with Crippen LogP contribution < -0.4 is 16.1 Å². The number of ether oxygens (including phenoxy) is 1. The van der Waals surface area contributed by atoms with Crippen molar-refractivity contribution >= 4 is 29.3 Å². The Labute approximate surface area is 204 Å². The van der Waals surface area contributed by atoms with Crippen LogP contribution in [-0.2, 0) is 16.0 Å². The molecule has 0 spiro atoms. The second-order valence-corrected chi connectivity index (χ2v) is 9.25. The zero-order chi connectivity index (χ0) is 23.9. The van der Waals surface area contributed by atoms with Crippen molar-refractivity contribution in [2.75, 3.05) is 24.5 Å². The lowest BCUT2D eigenvalue weighted by molar-refractivity contribution is -0.112. The van der Waals surface area contributed by atoms with Crippen molar-refractivity contribution in [3.63, 3.8) is 0 Å². The van der Waals surface area contributed by atoms with E-state index in [1.165, 1.54) is 10.5 Å². The molecule has 34 heavy (non-hydrogen) atoms. The molecule has 8 heteroatoms. The molecule has 7 nitrogen and oxygen atoms in total. The predicted molar refractivity (Wildman–Crippen MR) is 138 cm³/mol. The predicted octanol–water partition coefficient (Wildman–Crippen LogP) is 3.96. The number of benzene rings is 2. The Morgan fingerprint density at radius 3 is 2.76 bits per heavy atom. The fourth-order valence-electron chi connectivity index (χ4n) is 3.84. The van der Waals surface area contributed by atoms with Crippen molar-refractivity contribution in [2.24, 2.45) is 10.8 Å². The van der Waals surface area contributed by atoms with E-state index in [-0.39, 0.29) is 12.0 Å². The fourth-order valence-corrected chi connectivity index (χ4v) is 4.70. The van der Waals surface area contributed by atoms with Gasteiger partial charge in [0.25, 0.3) is 5.91 Å². The lowest BCUT2D eigenvalue weighted by atomic mass is 10.0. The molecule has 3 aromatic rings. The third kappa shape index (κ3) is 5.76. The van der Waals surface area contributed by atoms with E-state index in [0.717, 1.165) is 35.5 Å². The minimum absolute atomic E-state index is 0.138. The van der Waals surface area contributed by atoms with Gasteiger partial charge in [0.15, 0.2) is 5.82 Å². The number of anilines is 1. The molecule has 0 bridgehead atoms. The summed E-state index contributed by atoms with van der Waals surface area (Å²) in [5, 5.41) is 9.35. The molecule has 1 aliphatic rings. The van der Waals surface area contributed by atoms with E-state index in [2.05, 4.69) is 40.5 Å². The van der Waals surface area contributed by atoms with Gasteiger partial charge in [0.05, 0.1) is 0 Å². The van der Waals surface area contributed by atoms with Gasteiger partial charge in [-0.05, 0) is 59.9 Å². The van der Waals surface area contributed by atoms with Gasteiger partial charge in [0, 0.05) is 37.0 Å². The van der Waals surface area contributed by atoms with Crippen molar-refractivity contribution in [3.8, 4) is 11.1 Å². The summed E-state index contributed by atoms with van der Waals surface area (Å²) in [5.74, 6) is 1.20. The number of hydrazone groups is 1. The number of aryl methyl sites for hydroxylation is 1. The van der Waals surface area contributed by atoms with Crippen LogP contribution in [0, 0.1) is 6.92 Å². The molecule has 1 aliphatic heterocycles. The maximum absolute atomic E-state index is 11.8. The van der Waals surface area contributed by atoms with Gasteiger partial charge in [-0.3, -0.25) is 4.79 Å². The van der Waals surface area contributed by atoms with Crippen LogP contribution in [0.2, 0.25) is 0 Å². The smallest absolute Gasteiger partial charge is 0.286 e. The van der Waals surface area contributed by atoms with E-state index >= 15 is 0 Å². The molecule has 0 aliphatic carbocycles. The third-order valence-electron chi connectivity index (χ3n) is 5.57. The van der Waals surface area contributed by atoms with Crippen LogP contribution in [0.4, 0.5) is 5.82 Å². The lowest BCUT2D eigenvalue weighted by Crippen LogP contribution is -2.43. The molecule has 0 radical (unpaired) electrons. The molecular weight excluding hydrogens is 446 g/mol. The number of hydrogen-bond donors (Lipinski definition) is 2. The summed E-state index contributed by atoms with van der Waals surface area (Å²) >= 11 is 1.82. The first kappa shape index (κ1) is 23.8. The standard InChI is InChI=1S/C26H29N5O2S/c1-18-9-10-21(34-14-6-13-33-2)17-22(18)20-11-12-28-23(16-20)31-24(29-26(30-31)25(27)32)15-19-7-4-3-5-8-19/h3-5,7-12,16-17,24H,6,13-15H2,1-2H3,(H2,27,32)(H,29,30). The number of hydrogen-bond acceptors (Lipinski definition) is 7. The average molecular weight is 476 g/mol. The number of nitrogens with zero attached hydrogens (tertiary/aromatic N) is 3. The zero-order valence-corrected chi connectivity index (χ0v) is 20.2. The Morgan fingerprint density at radius 1 is 1.18 bits per heavy atom. The molecule has 3 N–H and O–H groups in total. The summed E-state index contributed by atoms with van der Waals surface area (Å²) in [6.45, 7) is 2.87. The number of nitrogens with one attached hydrogen (secondary N) is 1. The number of amidine groups is 1. The molecule has 176 valence electrons. The third-order valence-corrected chi connectivity index (χ3v) is 6.65. The minimum Gasteiger partial charge on any atom is -0.385 e. The summed E-state index contributed by atoms with van der Waals surface area (Å²) in [4.78, 5) is 17.6. The van der Waals surface area contributed by atoms with E-state index in [1.54, 1.807) is 18.3 Å². The van der Waals surface area contributed by atoms with Gasteiger partial charge in [-0.1, -0.05) is 36.4 Å². The van der Waals surface area contributed by atoms with Gasteiger partial charge < -0.3 is 15.8 Å². The summed E-state index contributed by atoms with van der Waals surface area (Å²) in [6.07, 6.45) is 3.16. The Balaban J connectivity index is 1.61. The van der Waals surface area contributed by atoms with Crippen LogP contribution in [0.25, 0.3) is 11.1 Å². The summed E-state index contributed by atoms with van der Waals surface area (Å²) in [7, 11) is 1.73. The normalized spacial score (nSPS) is 15.2. The second-order valence-electron chi connectivity index (χ2n) is 8.08. The van der Waals surface area contributed by atoms with Crippen LogP contribution in [-0.4, -0.2) is 42.4 Å². The van der Waals surface area contributed by atoms with Gasteiger partial charge in [-0.25, -0.2) is 9.99 Å². The molecule has 1 aromatic heterocycles. The molecule has 0 fully saturated rings. The second kappa shape index (κ2) is 11.2. The van der Waals surface area contributed by atoms with Crippen LogP contribution in [0.1, 0.15) is 17.5 Å². The van der Waals surface area contributed by atoms with E-state index in [9.17, 15) is 4.79 Å². The van der Waals surface area contributed by atoms with Crippen molar-refractivity contribution < 1.29 is 9.53 Å².